The molecule has 4 aromatic rings. The van der Waals surface area contributed by atoms with Crippen molar-refractivity contribution in [1.29, 1.82) is 0 Å². The van der Waals surface area contributed by atoms with Gasteiger partial charge < -0.3 is 9.30 Å². The van der Waals surface area contributed by atoms with Gasteiger partial charge in [-0.25, -0.2) is 9.37 Å². The average molecular weight is 367 g/mol. The van der Waals surface area contributed by atoms with E-state index in [4.69, 9.17) is 4.74 Å². The third kappa shape index (κ3) is 2.88. The smallest absolute Gasteiger partial charge is 0.281 e. The van der Waals surface area contributed by atoms with E-state index in [0.717, 1.165) is 11.1 Å². The van der Waals surface area contributed by atoms with Crippen LogP contribution in [-0.4, -0.2) is 30.8 Å². The molecule has 7 nitrogen and oxygen atoms in total. The van der Waals surface area contributed by atoms with Crippen molar-refractivity contribution >= 4 is 11.0 Å². The summed E-state index contributed by atoms with van der Waals surface area (Å²) in [5.41, 5.74) is 3.34. The van der Waals surface area contributed by atoms with Crippen molar-refractivity contribution in [2.75, 3.05) is 6.86 Å². The number of benzene rings is 1. The molecule has 0 bridgehead atoms. The number of ether oxygens (including phenoxy) is 1. The number of imidazole rings is 1. The Morgan fingerprint density at radius 2 is 1.96 bits per heavy atom. The van der Waals surface area contributed by atoms with Gasteiger partial charge in [0, 0.05) is 42.8 Å². The lowest BCUT2D eigenvalue weighted by Gasteiger charge is -2.11. The molecule has 0 saturated carbocycles. The second-order valence-electron chi connectivity index (χ2n) is 6.10. The average Bonchev–Trinajstić information content (AvgIpc) is 3.30. The van der Waals surface area contributed by atoms with Gasteiger partial charge in [0.05, 0.1) is 12.5 Å². The van der Waals surface area contributed by atoms with Crippen LogP contribution < -0.4 is 10.3 Å². The number of nitrogens with zero attached hydrogens (tertiary/aromatic N) is 5. The van der Waals surface area contributed by atoms with Crippen LogP contribution >= 0.6 is 0 Å². The fourth-order valence-electron chi connectivity index (χ4n) is 3.14. The molecule has 8 heteroatoms. The van der Waals surface area contributed by atoms with Crippen LogP contribution in [0.4, 0.5) is 4.39 Å². The molecule has 0 aliphatic carbocycles. The SMILES string of the molecule is CCn1cnc2c(-c3cnn(C)c3)cn(-c3ccc(OCF)cc3)c(=O)c21. The standard InChI is InChI=1S/C19H18FN5O2/c1-3-24-12-21-17-16(13-8-22-23(2)9-13)10-25(19(26)18(17)24)14-4-6-15(7-5-14)27-11-20/h4-10,12H,3,11H2,1-2H3. The zero-order valence-electron chi connectivity index (χ0n) is 15.0. The summed E-state index contributed by atoms with van der Waals surface area (Å²) >= 11 is 0. The summed E-state index contributed by atoms with van der Waals surface area (Å²) in [6.07, 6.45) is 7.06. The number of pyridine rings is 1. The van der Waals surface area contributed by atoms with E-state index in [1.807, 2.05) is 24.7 Å². The second kappa shape index (κ2) is 6.71. The number of hydrogen-bond acceptors (Lipinski definition) is 4. The fourth-order valence-corrected chi connectivity index (χ4v) is 3.14. The highest BCUT2D eigenvalue weighted by molar-refractivity contribution is 5.91. The summed E-state index contributed by atoms with van der Waals surface area (Å²) in [4.78, 5) is 17.6. The maximum Gasteiger partial charge on any atom is 0.281 e. The predicted octanol–water partition coefficient (Wildman–Crippen LogP) is 2.91. The topological polar surface area (TPSA) is 66.9 Å². The summed E-state index contributed by atoms with van der Waals surface area (Å²) in [6.45, 7) is 1.70. The normalized spacial score (nSPS) is 11.2. The van der Waals surface area contributed by atoms with Gasteiger partial charge in [-0.05, 0) is 31.2 Å². The van der Waals surface area contributed by atoms with Crippen LogP contribution in [0.2, 0.25) is 0 Å². The second-order valence-corrected chi connectivity index (χ2v) is 6.10. The Hall–Kier alpha value is -3.42. The third-order valence-electron chi connectivity index (χ3n) is 4.47. The summed E-state index contributed by atoms with van der Waals surface area (Å²) in [5, 5.41) is 4.23. The number of fused-ring (bicyclic) bond motifs is 1. The van der Waals surface area contributed by atoms with E-state index in [9.17, 15) is 9.18 Å². The van der Waals surface area contributed by atoms with E-state index in [-0.39, 0.29) is 5.56 Å². The molecule has 0 atom stereocenters. The molecule has 138 valence electrons. The van der Waals surface area contributed by atoms with E-state index in [0.29, 0.717) is 29.0 Å². The summed E-state index contributed by atoms with van der Waals surface area (Å²) in [6, 6.07) is 6.70. The maximum atomic E-state index is 13.2. The monoisotopic (exact) mass is 367 g/mol. The molecule has 0 radical (unpaired) electrons. The number of aromatic nitrogens is 5. The molecule has 27 heavy (non-hydrogen) atoms. The summed E-state index contributed by atoms with van der Waals surface area (Å²) in [7, 11) is 1.84. The van der Waals surface area contributed by atoms with Gasteiger partial charge in [0.2, 0.25) is 6.86 Å². The van der Waals surface area contributed by atoms with Gasteiger partial charge in [-0.1, -0.05) is 0 Å². The van der Waals surface area contributed by atoms with Crippen molar-refractivity contribution in [1.82, 2.24) is 23.9 Å². The van der Waals surface area contributed by atoms with E-state index in [2.05, 4.69) is 10.1 Å². The van der Waals surface area contributed by atoms with Crippen molar-refractivity contribution in [3.63, 3.8) is 0 Å². The Morgan fingerprint density at radius 1 is 1.19 bits per heavy atom. The molecular weight excluding hydrogens is 349 g/mol. The van der Waals surface area contributed by atoms with Gasteiger partial charge in [-0.3, -0.25) is 14.0 Å². The van der Waals surface area contributed by atoms with Gasteiger partial charge in [0.15, 0.2) is 0 Å². The van der Waals surface area contributed by atoms with Crippen LogP contribution in [-0.2, 0) is 13.6 Å². The van der Waals surface area contributed by atoms with Crippen LogP contribution in [0, 0.1) is 0 Å². The third-order valence-corrected chi connectivity index (χ3v) is 4.47. The maximum absolute atomic E-state index is 13.2. The zero-order chi connectivity index (χ0) is 19.0. The van der Waals surface area contributed by atoms with Crippen molar-refractivity contribution in [2.45, 2.75) is 13.5 Å². The van der Waals surface area contributed by atoms with E-state index in [1.54, 1.807) is 52.2 Å². The Balaban J connectivity index is 1.97. The van der Waals surface area contributed by atoms with Crippen LogP contribution in [0.25, 0.3) is 27.8 Å². The lowest BCUT2D eigenvalue weighted by Crippen LogP contribution is -2.20. The minimum absolute atomic E-state index is 0.170. The Bertz CT molecular complexity index is 1160. The zero-order valence-corrected chi connectivity index (χ0v) is 15.0. The van der Waals surface area contributed by atoms with Gasteiger partial charge in [-0.2, -0.15) is 5.10 Å². The van der Waals surface area contributed by atoms with Crippen molar-refractivity contribution in [3.8, 4) is 22.6 Å². The highest BCUT2D eigenvalue weighted by atomic mass is 19.1. The molecule has 1 aromatic carbocycles. The Morgan fingerprint density at radius 3 is 2.59 bits per heavy atom. The van der Waals surface area contributed by atoms with Gasteiger partial charge in [0.1, 0.15) is 16.8 Å². The first-order valence-corrected chi connectivity index (χ1v) is 8.51. The number of alkyl halides is 1. The fraction of sp³-hybridized carbons (Fsp3) is 0.211. The van der Waals surface area contributed by atoms with Gasteiger partial charge >= 0.3 is 0 Å². The van der Waals surface area contributed by atoms with Crippen LogP contribution in [0.15, 0.2) is 54.0 Å². The first-order valence-electron chi connectivity index (χ1n) is 8.51. The molecule has 0 amide bonds. The Labute approximate surface area is 154 Å². The molecule has 0 spiro atoms. The number of halogens is 1. The van der Waals surface area contributed by atoms with Crippen molar-refractivity contribution < 1.29 is 9.13 Å². The summed E-state index contributed by atoms with van der Waals surface area (Å²) in [5.74, 6) is 0.404. The minimum Gasteiger partial charge on any atom is -0.463 e. The molecule has 3 aromatic heterocycles. The van der Waals surface area contributed by atoms with E-state index in [1.165, 1.54) is 0 Å². The highest BCUT2D eigenvalue weighted by Gasteiger charge is 2.17. The molecule has 4 rings (SSSR count). The largest absolute Gasteiger partial charge is 0.463 e. The highest BCUT2D eigenvalue weighted by Crippen LogP contribution is 2.27. The van der Waals surface area contributed by atoms with Crippen molar-refractivity contribution in [3.05, 3.63) is 59.5 Å². The quantitative estimate of drug-likeness (QED) is 0.544. The van der Waals surface area contributed by atoms with Crippen LogP contribution in [0.3, 0.4) is 0 Å². The van der Waals surface area contributed by atoms with Crippen molar-refractivity contribution in [2.24, 2.45) is 7.05 Å². The number of hydrogen-bond donors (Lipinski definition) is 0. The molecule has 0 aliphatic rings. The molecule has 0 fully saturated rings. The lowest BCUT2D eigenvalue weighted by atomic mass is 10.1. The van der Waals surface area contributed by atoms with E-state index >= 15 is 0 Å². The van der Waals surface area contributed by atoms with Gasteiger partial charge in [0.25, 0.3) is 5.56 Å². The number of aryl methyl sites for hydroxylation is 2. The molecule has 0 N–H and O–H groups in total. The predicted molar refractivity (Wildman–Crippen MR) is 99.8 cm³/mol. The number of rotatable bonds is 5. The van der Waals surface area contributed by atoms with E-state index < -0.39 is 6.86 Å². The molecule has 0 saturated heterocycles. The molecule has 3 heterocycles. The molecule has 0 aliphatic heterocycles. The lowest BCUT2D eigenvalue weighted by molar-refractivity contribution is 0.192. The molecule has 0 unspecified atom stereocenters. The van der Waals surface area contributed by atoms with Gasteiger partial charge in [-0.15, -0.1) is 0 Å². The molecular formula is C19H18FN5O2. The van der Waals surface area contributed by atoms with Crippen LogP contribution in [0.1, 0.15) is 6.92 Å². The first kappa shape index (κ1) is 17.0. The minimum atomic E-state index is -0.897. The Kier molecular flexibility index (Phi) is 4.23. The van der Waals surface area contributed by atoms with Crippen LogP contribution in [0.5, 0.6) is 5.75 Å². The first-order chi connectivity index (χ1) is 13.1. The summed E-state index contributed by atoms with van der Waals surface area (Å²) < 4.78 is 22.3.